The summed E-state index contributed by atoms with van der Waals surface area (Å²) >= 11 is 0. The van der Waals surface area contributed by atoms with Gasteiger partial charge >= 0.3 is 6.18 Å². The van der Waals surface area contributed by atoms with E-state index in [2.05, 4.69) is 15.4 Å². The Bertz CT molecular complexity index is 607. The van der Waals surface area contributed by atoms with Crippen LogP contribution in [-0.4, -0.2) is 20.9 Å². The van der Waals surface area contributed by atoms with Crippen molar-refractivity contribution >= 4 is 11.9 Å². The van der Waals surface area contributed by atoms with Crippen LogP contribution < -0.4 is 11.1 Å². The predicted molar refractivity (Wildman–Crippen MR) is 66.9 cm³/mol. The lowest BCUT2D eigenvalue weighted by molar-refractivity contribution is -0.173. The van der Waals surface area contributed by atoms with Gasteiger partial charge in [-0.1, -0.05) is 30.3 Å². The Labute approximate surface area is 112 Å². The number of nitrogens with one attached hydrogen (secondary N) is 1. The number of nitrogen functional groups attached to an aromatic ring is 1. The molecule has 1 aromatic carbocycles. The first-order chi connectivity index (χ1) is 9.45. The van der Waals surface area contributed by atoms with Gasteiger partial charge in [-0.15, -0.1) is 5.10 Å². The molecule has 3 N–H and O–H groups in total. The smallest absolute Gasteiger partial charge is 0.366 e. The predicted octanol–water partition coefficient (Wildman–Crippen LogP) is 2.52. The van der Waals surface area contributed by atoms with Gasteiger partial charge < -0.3 is 11.1 Å². The molecule has 20 heavy (non-hydrogen) atoms. The molecule has 3 rings (SSSR count). The van der Waals surface area contributed by atoms with E-state index < -0.39 is 18.3 Å². The number of rotatable bonds is 1. The fourth-order valence-corrected chi connectivity index (χ4v) is 2.37. The first-order valence-electron chi connectivity index (χ1n) is 6.05. The zero-order chi connectivity index (χ0) is 14.3. The molecular weight excluding hydrogens is 271 g/mol. The molecule has 1 aliphatic rings. The number of hydrogen-bond acceptors (Lipinski definition) is 4. The van der Waals surface area contributed by atoms with Gasteiger partial charge in [-0.25, -0.2) is 4.68 Å². The summed E-state index contributed by atoms with van der Waals surface area (Å²) in [6.07, 6.45) is -4.55. The Morgan fingerprint density at radius 2 is 1.95 bits per heavy atom. The van der Waals surface area contributed by atoms with Crippen LogP contribution in [0.3, 0.4) is 0 Å². The second-order valence-corrected chi connectivity index (χ2v) is 4.64. The number of fused-ring (bicyclic) bond motifs is 1. The largest absolute Gasteiger partial charge is 0.411 e. The van der Waals surface area contributed by atoms with E-state index in [9.17, 15) is 13.2 Å². The molecule has 0 fully saturated rings. The highest BCUT2D eigenvalue weighted by Gasteiger charge is 2.47. The maximum absolute atomic E-state index is 13.2. The van der Waals surface area contributed by atoms with Crippen LogP contribution in [0, 0.1) is 0 Å². The summed E-state index contributed by atoms with van der Waals surface area (Å²) in [6.45, 7) is 0. The van der Waals surface area contributed by atoms with Gasteiger partial charge in [0.2, 0.25) is 11.9 Å². The number of aromatic nitrogens is 3. The van der Waals surface area contributed by atoms with E-state index in [1.807, 2.05) is 6.07 Å². The fourth-order valence-electron chi connectivity index (χ4n) is 2.37. The van der Waals surface area contributed by atoms with Gasteiger partial charge in [0, 0.05) is 6.42 Å². The third kappa shape index (κ3) is 2.17. The van der Waals surface area contributed by atoms with E-state index in [-0.39, 0.29) is 18.3 Å². The normalized spacial score (nSPS) is 22.1. The number of nitrogens with two attached hydrogens (primary N) is 1. The first kappa shape index (κ1) is 12.8. The van der Waals surface area contributed by atoms with Crippen molar-refractivity contribution in [2.24, 2.45) is 0 Å². The van der Waals surface area contributed by atoms with Crippen molar-refractivity contribution in [2.45, 2.75) is 24.7 Å². The van der Waals surface area contributed by atoms with Gasteiger partial charge in [0.25, 0.3) is 0 Å². The molecule has 1 aliphatic heterocycles. The third-order valence-corrected chi connectivity index (χ3v) is 3.28. The Hall–Kier alpha value is -2.25. The van der Waals surface area contributed by atoms with Crippen molar-refractivity contribution in [1.82, 2.24) is 14.8 Å². The molecule has 2 heterocycles. The molecule has 0 amide bonds. The molecule has 0 unspecified atom stereocenters. The number of anilines is 2. The molecule has 2 atom stereocenters. The Morgan fingerprint density at radius 1 is 1.25 bits per heavy atom. The minimum Gasteiger partial charge on any atom is -0.366 e. The van der Waals surface area contributed by atoms with Crippen molar-refractivity contribution in [3.8, 4) is 0 Å². The van der Waals surface area contributed by atoms with E-state index in [0.29, 0.717) is 0 Å². The van der Waals surface area contributed by atoms with Crippen LogP contribution in [0.15, 0.2) is 30.3 Å². The van der Waals surface area contributed by atoms with E-state index in [1.54, 1.807) is 24.3 Å². The minimum atomic E-state index is -4.40. The summed E-state index contributed by atoms with van der Waals surface area (Å²) in [4.78, 5) is 3.81. The van der Waals surface area contributed by atoms with E-state index in [4.69, 9.17) is 5.73 Å². The summed E-state index contributed by atoms with van der Waals surface area (Å²) in [5.41, 5.74) is 6.17. The van der Waals surface area contributed by atoms with Crippen LogP contribution in [-0.2, 0) is 0 Å². The van der Waals surface area contributed by atoms with Crippen LogP contribution in [0.2, 0.25) is 0 Å². The number of halogens is 3. The summed E-state index contributed by atoms with van der Waals surface area (Å²) in [7, 11) is 0. The first-order valence-corrected chi connectivity index (χ1v) is 6.05. The van der Waals surface area contributed by atoms with Gasteiger partial charge in [0.15, 0.2) is 6.04 Å². The second kappa shape index (κ2) is 4.39. The molecule has 0 bridgehead atoms. The monoisotopic (exact) mass is 283 g/mol. The molecule has 5 nitrogen and oxygen atoms in total. The standard InChI is InChI=1S/C12H12F3N5/c13-12(14,15)9-6-8(7-4-2-1-3-5-7)17-11-18-10(16)19-20(9)11/h1-5,8-9H,6H2,(H3,16,17,18,19)/t8-,9+/m0/s1. The van der Waals surface area contributed by atoms with E-state index in [1.165, 1.54) is 0 Å². The van der Waals surface area contributed by atoms with E-state index >= 15 is 0 Å². The summed E-state index contributed by atoms with van der Waals surface area (Å²) < 4.78 is 40.3. The van der Waals surface area contributed by atoms with Crippen LogP contribution in [0.5, 0.6) is 0 Å². The average Bonchev–Trinajstić information content (AvgIpc) is 2.77. The Kier molecular flexibility index (Phi) is 2.81. The van der Waals surface area contributed by atoms with Crippen LogP contribution in [0.25, 0.3) is 0 Å². The van der Waals surface area contributed by atoms with Gasteiger partial charge in [-0.3, -0.25) is 0 Å². The highest BCUT2D eigenvalue weighted by molar-refractivity contribution is 5.39. The van der Waals surface area contributed by atoms with E-state index in [0.717, 1.165) is 10.2 Å². The van der Waals surface area contributed by atoms with Crippen molar-refractivity contribution in [3.05, 3.63) is 35.9 Å². The number of alkyl halides is 3. The zero-order valence-electron chi connectivity index (χ0n) is 10.3. The molecule has 0 saturated heterocycles. The lowest BCUT2D eigenvalue weighted by Gasteiger charge is -2.32. The average molecular weight is 283 g/mol. The van der Waals surface area contributed by atoms with Crippen molar-refractivity contribution in [1.29, 1.82) is 0 Å². The van der Waals surface area contributed by atoms with Crippen molar-refractivity contribution in [3.63, 3.8) is 0 Å². The molecule has 0 radical (unpaired) electrons. The van der Waals surface area contributed by atoms with Gasteiger partial charge in [-0.05, 0) is 5.56 Å². The summed E-state index contributed by atoms with van der Waals surface area (Å²) in [5, 5.41) is 6.57. The van der Waals surface area contributed by atoms with Gasteiger partial charge in [0.1, 0.15) is 0 Å². The lowest BCUT2D eigenvalue weighted by atomic mass is 9.97. The summed E-state index contributed by atoms with van der Waals surface area (Å²) in [6, 6.07) is 6.74. The van der Waals surface area contributed by atoms with Crippen LogP contribution in [0.4, 0.5) is 25.1 Å². The highest BCUT2D eigenvalue weighted by Crippen LogP contribution is 2.42. The molecule has 0 aliphatic carbocycles. The van der Waals surface area contributed by atoms with Crippen molar-refractivity contribution < 1.29 is 13.2 Å². The summed E-state index contributed by atoms with van der Waals surface area (Å²) in [5.74, 6) is -0.125. The number of hydrogen-bond donors (Lipinski definition) is 2. The second-order valence-electron chi connectivity index (χ2n) is 4.64. The molecular formula is C12H12F3N5. The van der Waals surface area contributed by atoms with Crippen molar-refractivity contribution in [2.75, 3.05) is 11.1 Å². The Balaban J connectivity index is 2.00. The third-order valence-electron chi connectivity index (χ3n) is 3.28. The number of nitrogens with zero attached hydrogens (tertiary/aromatic N) is 3. The fraction of sp³-hybridized carbons (Fsp3) is 0.333. The number of benzene rings is 1. The lowest BCUT2D eigenvalue weighted by Crippen LogP contribution is -2.35. The molecule has 1 aromatic heterocycles. The molecule has 2 aromatic rings. The van der Waals surface area contributed by atoms with Gasteiger partial charge in [0.05, 0.1) is 6.04 Å². The Morgan fingerprint density at radius 3 is 2.60 bits per heavy atom. The zero-order valence-corrected chi connectivity index (χ0v) is 10.3. The SMILES string of the molecule is Nc1nc2n(n1)[C@@H](C(F)(F)F)C[C@@H](c1ccccc1)N2. The highest BCUT2D eigenvalue weighted by atomic mass is 19.4. The minimum absolute atomic E-state index is 0.0462. The molecule has 8 heteroatoms. The van der Waals surface area contributed by atoms with Crippen LogP contribution in [0.1, 0.15) is 24.1 Å². The maximum Gasteiger partial charge on any atom is 0.411 e. The molecule has 0 saturated carbocycles. The maximum atomic E-state index is 13.2. The topological polar surface area (TPSA) is 68.8 Å². The van der Waals surface area contributed by atoms with Crippen LogP contribution >= 0.6 is 0 Å². The quantitative estimate of drug-likeness (QED) is 0.843. The van der Waals surface area contributed by atoms with Gasteiger partial charge in [-0.2, -0.15) is 18.2 Å². The molecule has 0 spiro atoms. The molecule has 106 valence electrons.